The summed E-state index contributed by atoms with van der Waals surface area (Å²) in [6.07, 6.45) is 38.3. The largest absolute Gasteiger partial charge is 0.394 e. The first-order chi connectivity index (χ1) is 28.3. The van der Waals surface area contributed by atoms with E-state index in [1.165, 1.54) is 186 Å². The van der Waals surface area contributed by atoms with Crippen LogP contribution < -0.4 is 5.32 Å². The third-order valence-electron chi connectivity index (χ3n) is 12.5. The molecule has 0 bridgehead atoms. The van der Waals surface area contributed by atoms with Crippen LogP contribution in [0.2, 0.25) is 0 Å². The lowest BCUT2D eigenvalue weighted by atomic mass is 9.99. The third-order valence-corrected chi connectivity index (χ3v) is 12.5. The Morgan fingerprint density at radius 1 is 0.517 bits per heavy atom. The molecular weight excluding hydrogens is 731 g/mol. The summed E-state index contributed by atoms with van der Waals surface area (Å²) >= 11 is 0. The number of aliphatic hydroxyl groups is 5. The van der Waals surface area contributed by atoms with Crippen molar-refractivity contribution in [3.63, 3.8) is 0 Å². The number of amides is 1. The lowest BCUT2D eigenvalue weighted by Crippen LogP contribution is -2.60. The van der Waals surface area contributed by atoms with Crippen molar-refractivity contribution in [2.45, 2.75) is 294 Å². The molecule has 1 heterocycles. The third kappa shape index (κ3) is 30.3. The molecule has 1 amide bonds. The molecule has 1 rings (SSSR count). The second-order valence-electron chi connectivity index (χ2n) is 18.0. The molecule has 9 heteroatoms. The van der Waals surface area contributed by atoms with Crippen LogP contribution >= 0.6 is 0 Å². The van der Waals surface area contributed by atoms with Gasteiger partial charge in [0.25, 0.3) is 0 Å². The molecule has 0 saturated carbocycles. The summed E-state index contributed by atoms with van der Waals surface area (Å²) < 4.78 is 11.3. The van der Waals surface area contributed by atoms with Gasteiger partial charge in [0, 0.05) is 6.42 Å². The van der Waals surface area contributed by atoms with E-state index in [1.807, 2.05) is 0 Å². The Bertz CT molecular complexity index is 878. The molecule has 1 saturated heterocycles. The van der Waals surface area contributed by atoms with Crippen LogP contribution in [0, 0.1) is 0 Å². The van der Waals surface area contributed by atoms with Gasteiger partial charge in [0.1, 0.15) is 24.4 Å². The van der Waals surface area contributed by atoms with Crippen LogP contribution in [-0.2, 0) is 14.3 Å². The van der Waals surface area contributed by atoms with E-state index in [1.54, 1.807) is 0 Å². The van der Waals surface area contributed by atoms with Crippen LogP contribution in [0.4, 0.5) is 0 Å². The highest BCUT2D eigenvalue weighted by molar-refractivity contribution is 5.76. The number of nitrogens with one attached hydrogen (secondary N) is 1. The molecule has 0 aromatic rings. The van der Waals surface area contributed by atoms with Gasteiger partial charge in [-0.1, -0.05) is 232 Å². The van der Waals surface area contributed by atoms with Gasteiger partial charge in [0.15, 0.2) is 6.29 Å². The SMILES string of the molecule is CCCCCCCCCCCCCCCCCCCCCCCCCC(O)C(COC1OC(CO)C(O)C(O)C1O)NC(=O)CCCCCCCCCCCCCC. The summed E-state index contributed by atoms with van der Waals surface area (Å²) in [4.78, 5) is 13.0. The fourth-order valence-electron chi connectivity index (χ4n) is 8.40. The topological polar surface area (TPSA) is 149 Å². The van der Waals surface area contributed by atoms with Gasteiger partial charge in [-0.05, 0) is 12.8 Å². The Morgan fingerprint density at radius 3 is 1.22 bits per heavy atom. The zero-order valence-corrected chi connectivity index (χ0v) is 38.1. The van der Waals surface area contributed by atoms with Crippen LogP contribution in [0.5, 0.6) is 0 Å². The molecule has 1 aliphatic rings. The fraction of sp³-hybridized carbons (Fsp3) is 0.980. The highest BCUT2D eigenvalue weighted by Gasteiger charge is 2.44. The fourth-order valence-corrected chi connectivity index (χ4v) is 8.40. The Morgan fingerprint density at radius 2 is 0.862 bits per heavy atom. The molecule has 0 spiro atoms. The van der Waals surface area contributed by atoms with E-state index < -0.39 is 49.5 Å². The lowest BCUT2D eigenvalue weighted by Gasteiger charge is -2.40. The molecule has 0 aromatic heterocycles. The molecule has 58 heavy (non-hydrogen) atoms. The molecule has 9 nitrogen and oxygen atoms in total. The van der Waals surface area contributed by atoms with E-state index in [-0.39, 0.29) is 12.5 Å². The van der Waals surface area contributed by atoms with Crippen LogP contribution in [0.15, 0.2) is 0 Å². The van der Waals surface area contributed by atoms with Gasteiger partial charge in [-0.15, -0.1) is 0 Å². The number of ether oxygens (including phenoxy) is 2. The summed E-state index contributed by atoms with van der Waals surface area (Å²) in [6, 6.07) is -0.711. The lowest BCUT2D eigenvalue weighted by molar-refractivity contribution is -0.302. The van der Waals surface area contributed by atoms with Crippen LogP contribution in [-0.4, -0.2) is 87.5 Å². The minimum atomic E-state index is -1.55. The smallest absolute Gasteiger partial charge is 0.220 e. The highest BCUT2D eigenvalue weighted by Crippen LogP contribution is 2.23. The minimum Gasteiger partial charge on any atom is -0.394 e. The average Bonchev–Trinajstić information content (AvgIpc) is 3.22. The monoisotopic (exact) mass is 828 g/mol. The number of carbonyl (C=O) groups excluding carboxylic acids is 1. The quantitative estimate of drug-likeness (QED) is 0.0333. The number of carbonyl (C=O) groups is 1. The van der Waals surface area contributed by atoms with E-state index >= 15 is 0 Å². The molecule has 6 N–H and O–H groups in total. The Balaban J connectivity index is 2.22. The maximum Gasteiger partial charge on any atom is 0.220 e. The van der Waals surface area contributed by atoms with E-state index in [2.05, 4.69) is 19.2 Å². The molecule has 0 radical (unpaired) electrons. The first-order valence-electron chi connectivity index (χ1n) is 25.2. The maximum atomic E-state index is 13.0. The van der Waals surface area contributed by atoms with E-state index in [9.17, 15) is 30.3 Å². The van der Waals surface area contributed by atoms with Crippen LogP contribution in [0.25, 0.3) is 0 Å². The first-order valence-corrected chi connectivity index (χ1v) is 25.2. The van der Waals surface area contributed by atoms with Gasteiger partial charge in [-0.2, -0.15) is 0 Å². The van der Waals surface area contributed by atoms with Crippen molar-refractivity contribution in [3.8, 4) is 0 Å². The van der Waals surface area contributed by atoms with Crippen molar-refractivity contribution in [2.24, 2.45) is 0 Å². The summed E-state index contributed by atoms with van der Waals surface area (Å²) in [7, 11) is 0. The summed E-state index contributed by atoms with van der Waals surface area (Å²) in [5.41, 5.74) is 0. The minimum absolute atomic E-state index is 0.132. The van der Waals surface area contributed by atoms with Gasteiger partial charge in [0.2, 0.25) is 5.91 Å². The maximum absolute atomic E-state index is 13.0. The summed E-state index contributed by atoms with van der Waals surface area (Å²) in [5, 5.41) is 54.4. The second-order valence-corrected chi connectivity index (χ2v) is 18.0. The number of rotatable bonds is 43. The van der Waals surface area contributed by atoms with E-state index in [0.29, 0.717) is 12.8 Å². The van der Waals surface area contributed by atoms with Crippen molar-refractivity contribution in [1.29, 1.82) is 0 Å². The summed E-state index contributed by atoms with van der Waals surface area (Å²) in [6.45, 7) is 3.85. The van der Waals surface area contributed by atoms with E-state index in [4.69, 9.17) is 9.47 Å². The molecule has 1 fully saturated rings. The zero-order chi connectivity index (χ0) is 42.3. The van der Waals surface area contributed by atoms with Crippen molar-refractivity contribution in [2.75, 3.05) is 13.2 Å². The van der Waals surface area contributed by atoms with Gasteiger partial charge in [-0.3, -0.25) is 4.79 Å². The predicted octanol–water partition coefficient (Wildman–Crippen LogP) is 11.1. The molecule has 0 aromatic carbocycles. The van der Waals surface area contributed by atoms with E-state index in [0.717, 1.165) is 38.5 Å². The average molecular weight is 828 g/mol. The highest BCUT2D eigenvalue weighted by atomic mass is 16.7. The molecule has 1 aliphatic heterocycles. The van der Waals surface area contributed by atoms with Gasteiger partial charge in [-0.25, -0.2) is 0 Å². The van der Waals surface area contributed by atoms with Crippen molar-refractivity contribution in [3.05, 3.63) is 0 Å². The standard InChI is InChI=1S/C49H97NO8/c1-3-5-7-9-11-13-15-17-18-19-20-21-22-23-24-25-26-27-28-30-32-34-36-38-43(52)42(41-57-49-48(56)47(55)46(54)44(40-51)58-49)50-45(53)39-37-35-33-31-29-16-14-12-10-8-6-4-2/h42-44,46-49,51-52,54-56H,3-41H2,1-2H3,(H,50,53). The number of unbranched alkanes of at least 4 members (excludes halogenated alkanes) is 33. The Hall–Kier alpha value is -0.810. The molecule has 7 atom stereocenters. The molecular formula is C49H97NO8. The van der Waals surface area contributed by atoms with Gasteiger partial charge < -0.3 is 40.3 Å². The van der Waals surface area contributed by atoms with Crippen molar-refractivity contribution in [1.82, 2.24) is 5.32 Å². The van der Waals surface area contributed by atoms with Crippen LogP contribution in [0.3, 0.4) is 0 Å². The second kappa shape index (κ2) is 40.3. The van der Waals surface area contributed by atoms with Crippen molar-refractivity contribution < 1.29 is 39.8 Å². The van der Waals surface area contributed by atoms with Gasteiger partial charge >= 0.3 is 0 Å². The number of aliphatic hydroxyl groups excluding tert-OH is 5. The normalized spacial score (nSPS) is 20.7. The number of hydrogen-bond donors (Lipinski definition) is 6. The van der Waals surface area contributed by atoms with Crippen LogP contribution in [0.1, 0.15) is 251 Å². The Kier molecular flexibility index (Phi) is 38.3. The predicted molar refractivity (Wildman–Crippen MR) is 240 cm³/mol. The zero-order valence-electron chi connectivity index (χ0n) is 38.1. The number of hydrogen-bond acceptors (Lipinski definition) is 8. The molecule has 7 unspecified atom stereocenters. The molecule has 346 valence electrons. The first kappa shape index (κ1) is 55.2. The Labute approximate surface area is 357 Å². The van der Waals surface area contributed by atoms with Gasteiger partial charge in [0.05, 0.1) is 25.4 Å². The molecule has 0 aliphatic carbocycles. The van der Waals surface area contributed by atoms with Crippen molar-refractivity contribution >= 4 is 5.91 Å². The summed E-state index contributed by atoms with van der Waals surface area (Å²) in [5.74, 6) is -0.141.